The van der Waals surface area contributed by atoms with E-state index in [9.17, 15) is 4.79 Å². The zero-order valence-corrected chi connectivity index (χ0v) is 12.7. The zero-order valence-electron chi connectivity index (χ0n) is 11.8. The molecule has 2 heterocycles. The molecule has 110 valence electrons. The zero-order chi connectivity index (χ0) is 15.2. The lowest BCUT2D eigenvalue weighted by atomic mass is 10.2. The largest absolute Gasteiger partial charge is 0.323 e. The van der Waals surface area contributed by atoms with Crippen molar-refractivity contribution in [3.05, 3.63) is 76.8 Å². The number of anilines is 1. The van der Waals surface area contributed by atoms with Gasteiger partial charge in [-0.05, 0) is 41.3 Å². The number of benzene rings is 1. The van der Waals surface area contributed by atoms with E-state index >= 15 is 0 Å². The molecule has 1 amide bonds. The highest BCUT2D eigenvalue weighted by atomic mass is 32.1. The van der Waals surface area contributed by atoms with Crippen LogP contribution >= 0.6 is 11.3 Å². The Bertz CT molecular complexity index is 761. The minimum Gasteiger partial charge on any atom is -0.323 e. The van der Waals surface area contributed by atoms with Crippen LogP contribution in [-0.4, -0.2) is 15.7 Å². The fourth-order valence-corrected chi connectivity index (χ4v) is 2.67. The van der Waals surface area contributed by atoms with Gasteiger partial charge in [-0.15, -0.1) is 11.3 Å². The molecule has 0 aliphatic rings. The monoisotopic (exact) mass is 309 g/mol. The van der Waals surface area contributed by atoms with E-state index in [0.29, 0.717) is 6.54 Å². The molecule has 0 unspecified atom stereocenters. The highest BCUT2D eigenvalue weighted by Gasteiger charge is 2.01. The summed E-state index contributed by atoms with van der Waals surface area (Å²) in [7, 11) is 0. The summed E-state index contributed by atoms with van der Waals surface area (Å²) in [6.07, 6.45) is 7.02. The summed E-state index contributed by atoms with van der Waals surface area (Å²) in [5.41, 5.74) is 1.87. The maximum absolute atomic E-state index is 11.9. The molecule has 4 nitrogen and oxygen atoms in total. The van der Waals surface area contributed by atoms with Crippen molar-refractivity contribution < 1.29 is 4.79 Å². The van der Waals surface area contributed by atoms with Gasteiger partial charge in [0.15, 0.2) is 0 Å². The second-order valence-electron chi connectivity index (χ2n) is 4.74. The van der Waals surface area contributed by atoms with E-state index in [2.05, 4.69) is 10.4 Å². The molecule has 0 spiro atoms. The number of hydrogen-bond acceptors (Lipinski definition) is 3. The van der Waals surface area contributed by atoms with Crippen LogP contribution in [0.5, 0.6) is 0 Å². The Kier molecular flexibility index (Phi) is 4.46. The molecule has 0 aliphatic carbocycles. The predicted molar refractivity (Wildman–Crippen MR) is 89.8 cm³/mol. The summed E-state index contributed by atoms with van der Waals surface area (Å²) in [6, 6.07) is 13.6. The first kappa shape index (κ1) is 14.3. The molecule has 5 heteroatoms. The molecular formula is C17H15N3OS. The molecule has 0 radical (unpaired) electrons. The van der Waals surface area contributed by atoms with Crippen LogP contribution < -0.4 is 5.32 Å². The van der Waals surface area contributed by atoms with Crippen LogP contribution in [0.2, 0.25) is 0 Å². The second-order valence-corrected chi connectivity index (χ2v) is 5.72. The molecule has 0 fully saturated rings. The van der Waals surface area contributed by atoms with E-state index < -0.39 is 0 Å². The van der Waals surface area contributed by atoms with Crippen molar-refractivity contribution in [2.24, 2.45) is 0 Å². The standard InChI is InChI=1S/C17H15N3OS/c21-17(8-7-16-6-2-11-22-16)19-15-5-1-4-14(12-15)13-20-10-3-9-18-20/h1-12H,13H2,(H,19,21)/b8-7+. The first-order valence-corrected chi connectivity index (χ1v) is 7.76. The summed E-state index contributed by atoms with van der Waals surface area (Å²) in [4.78, 5) is 13.0. The molecule has 0 atom stereocenters. The van der Waals surface area contributed by atoms with Crippen LogP contribution in [0.1, 0.15) is 10.4 Å². The van der Waals surface area contributed by atoms with Crippen molar-refractivity contribution in [3.63, 3.8) is 0 Å². The Hall–Kier alpha value is -2.66. The van der Waals surface area contributed by atoms with Crippen LogP contribution in [-0.2, 0) is 11.3 Å². The third-order valence-electron chi connectivity index (χ3n) is 3.04. The van der Waals surface area contributed by atoms with Crippen LogP contribution in [0.4, 0.5) is 5.69 Å². The normalized spacial score (nSPS) is 10.9. The predicted octanol–water partition coefficient (Wildman–Crippen LogP) is 3.64. The van der Waals surface area contributed by atoms with Gasteiger partial charge in [-0.2, -0.15) is 5.10 Å². The van der Waals surface area contributed by atoms with Gasteiger partial charge in [0.05, 0.1) is 6.54 Å². The topological polar surface area (TPSA) is 46.9 Å². The highest BCUT2D eigenvalue weighted by molar-refractivity contribution is 7.10. The minimum atomic E-state index is -0.135. The molecule has 22 heavy (non-hydrogen) atoms. The Morgan fingerprint density at radius 3 is 3.00 bits per heavy atom. The molecule has 3 rings (SSSR count). The van der Waals surface area contributed by atoms with E-state index in [4.69, 9.17) is 0 Å². The van der Waals surface area contributed by atoms with Crippen molar-refractivity contribution in [2.75, 3.05) is 5.32 Å². The van der Waals surface area contributed by atoms with E-state index in [0.717, 1.165) is 16.1 Å². The average Bonchev–Trinajstić information content (AvgIpc) is 3.19. The van der Waals surface area contributed by atoms with Gasteiger partial charge in [0.1, 0.15) is 0 Å². The number of nitrogens with one attached hydrogen (secondary N) is 1. The minimum absolute atomic E-state index is 0.135. The van der Waals surface area contributed by atoms with Gasteiger partial charge >= 0.3 is 0 Å². The fourth-order valence-electron chi connectivity index (χ4n) is 2.06. The van der Waals surface area contributed by atoms with Gasteiger partial charge in [0.2, 0.25) is 5.91 Å². The molecule has 0 saturated heterocycles. The third kappa shape index (κ3) is 3.93. The second kappa shape index (κ2) is 6.87. The Labute approximate surface area is 132 Å². The summed E-state index contributed by atoms with van der Waals surface area (Å²) < 4.78 is 1.84. The quantitative estimate of drug-likeness (QED) is 0.731. The van der Waals surface area contributed by atoms with Crippen LogP contribution in [0.15, 0.2) is 66.3 Å². The fraction of sp³-hybridized carbons (Fsp3) is 0.0588. The van der Waals surface area contributed by atoms with Gasteiger partial charge < -0.3 is 5.32 Å². The lowest BCUT2D eigenvalue weighted by molar-refractivity contribution is -0.111. The van der Waals surface area contributed by atoms with Crippen LogP contribution in [0.3, 0.4) is 0 Å². The first-order valence-electron chi connectivity index (χ1n) is 6.88. The number of carbonyl (C=O) groups is 1. The Balaban J connectivity index is 1.63. The SMILES string of the molecule is O=C(/C=C/c1cccs1)Nc1cccc(Cn2cccn2)c1. The summed E-state index contributed by atoms with van der Waals surface area (Å²) in [5.74, 6) is -0.135. The van der Waals surface area contributed by atoms with Crippen molar-refractivity contribution in [2.45, 2.75) is 6.54 Å². The lowest BCUT2D eigenvalue weighted by Gasteiger charge is -2.06. The summed E-state index contributed by atoms with van der Waals surface area (Å²) >= 11 is 1.60. The molecule has 2 aromatic heterocycles. The molecule has 1 N–H and O–H groups in total. The van der Waals surface area contributed by atoms with Gasteiger partial charge in [0, 0.05) is 29.0 Å². The number of hydrogen-bond donors (Lipinski definition) is 1. The van der Waals surface area contributed by atoms with Gasteiger partial charge in [-0.25, -0.2) is 0 Å². The first-order chi connectivity index (χ1) is 10.8. The Morgan fingerprint density at radius 2 is 2.23 bits per heavy atom. The number of carbonyl (C=O) groups excluding carboxylic acids is 1. The Morgan fingerprint density at radius 1 is 1.27 bits per heavy atom. The highest BCUT2D eigenvalue weighted by Crippen LogP contribution is 2.13. The smallest absolute Gasteiger partial charge is 0.248 e. The number of aromatic nitrogens is 2. The van der Waals surface area contributed by atoms with Gasteiger partial charge in [-0.1, -0.05) is 18.2 Å². The lowest BCUT2D eigenvalue weighted by Crippen LogP contribution is -2.08. The molecule has 0 bridgehead atoms. The van der Waals surface area contributed by atoms with Crippen molar-refractivity contribution in [3.8, 4) is 0 Å². The van der Waals surface area contributed by atoms with E-state index in [1.165, 1.54) is 0 Å². The van der Waals surface area contributed by atoms with Crippen molar-refractivity contribution in [1.82, 2.24) is 9.78 Å². The molecule has 0 aliphatic heterocycles. The number of rotatable bonds is 5. The average molecular weight is 309 g/mol. The van der Waals surface area contributed by atoms with E-state index in [-0.39, 0.29) is 5.91 Å². The van der Waals surface area contributed by atoms with Crippen molar-refractivity contribution in [1.29, 1.82) is 0 Å². The molecular weight excluding hydrogens is 294 g/mol. The van der Waals surface area contributed by atoms with Crippen LogP contribution in [0.25, 0.3) is 6.08 Å². The number of nitrogens with zero attached hydrogens (tertiary/aromatic N) is 2. The van der Waals surface area contributed by atoms with Gasteiger partial charge in [0.25, 0.3) is 0 Å². The van der Waals surface area contributed by atoms with Gasteiger partial charge in [-0.3, -0.25) is 9.48 Å². The number of thiophene rings is 1. The molecule has 0 saturated carbocycles. The maximum atomic E-state index is 11.9. The maximum Gasteiger partial charge on any atom is 0.248 e. The summed E-state index contributed by atoms with van der Waals surface area (Å²) in [5, 5.41) is 9.04. The van der Waals surface area contributed by atoms with E-state index in [1.807, 2.05) is 64.8 Å². The molecule has 1 aromatic carbocycles. The third-order valence-corrected chi connectivity index (χ3v) is 3.88. The molecule has 3 aromatic rings. The van der Waals surface area contributed by atoms with E-state index in [1.54, 1.807) is 23.6 Å². The van der Waals surface area contributed by atoms with Crippen LogP contribution in [0, 0.1) is 0 Å². The number of amides is 1. The van der Waals surface area contributed by atoms with Crippen molar-refractivity contribution >= 4 is 29.0 Å². The summed E-state index contributed by atoms with van der Waals surface area (Å²) in [6.45, 7) is 0.682.